The Morgan fingerprint density at radius 2 is 1.66 bits per heavy atom. The number of hydrogen-bond acceptors (Lipinski definition) is 10. The molecule has 0 aliphatic rings. The number of rotatable bonds is 11. The second kappa shape index (κ2) is 12.2. The van der Waals surface area contributed by atoms with Crippen LogP contribution in [0, 0.1) is 0 Å². The summed E-state index contributed by atoms with van der Waals surface area (Å²) >= 11 is 7.02. The van der Waals surface area contributed by atoms with Gasteiger partial charge in [-0.1, -0.05) is 23.4 Å². The van der Waals surface area contributed by atoms with Crippen molar-refractivity contribution in [3.63, 3.8) is 0 Å². The molecule has 11 nitrogen and oxygen atoms in total. The number of methoxy groups -OCH3 is 4. The molecule has 0 radical (unpaired) electrons. The van der Waals surface area contributed by atoms with Crippen LogP contribution in [0.5, 0.6) is 23.0 Å². The van der Waals surface area contributed by atoms with Gasteiger partial charge < -0.3 is 34.0 Å². The van der Waals surface area contributed by atoms with Crippen LogP contribution in [0.4, 0.5) is 5.69 Å². The van der Waals surface area contributed by atoms with Crippen LogP contribution in [0.25, 0.3) is 0 Å². The first-order chi connectivity index (χ1) is 16.9. The first kappa shape index (κ1) is 26.0. The fourth-order valence-electron chi connectivity index (χ4n) is 2.93. The maximum atomic E-state index is 12.6. The van der Waals surface area contributed by atoms with Crippen LogP contribution in [-0.4, -0.2) is 56.2 Å². The van der Waals surface area contributed by atoms with Crippen molar-refractivity contribution in [2.24, 2.45) is 0 Å². The zero-order valence-corrected chi connectivity index (χ0v) is 20.9. The number of amides is 2. The molecule has 3 aromatic rings. The summed E-state index contributed by atoms with van der Waals surface area (Å²) in [6.45, 7) is -0.0189. The van der Waals surface area contributed by atoms with Crippen molar-refractivity contribution in [3.05, 3.63) is 46.8 Å². The summed E-state index contributed by atoms with van der Waals surface area (Å²) in [4.78, 5) is 24.9. The van der Waals surface area contributed by atoms with Crippen LogP contribution in [0.1, 0.15) is 16.2 Å². The van der Waals surface area contributed by atoms with E-state index in [1.807, 2.05) is 0 Å². The smallest absolute Gasteiger partial charge is 0.277 e. The Bertz CT molecular complexity index is 1180. The fourth-order valence-corrected chi connectivity index (χ4v) is 3.68. The summed E-state index contributed by atoms with van der Waals surface area (Å²) in [6, 6.07) is 7.95. The lowest BCUT2D eigenvalue weighted by Gasteiger charge is -2.13. The van der Waals surface area contributed by atoms with Gasteiger partial charge in [0.1, 0.15) is 5.75 Å². The number of nitrogens with zero attached hydrogens (tertiary/aromatic N) is 2. The minimum Gasteiger partial charge on any atom is -0.495 e. The number of halogens is 1. The van der Waals surface area contributed by atoms with Crippen LogP contribution in [0.2, 0.25) is 5.02 Å². The number of thioether (sulfide) groups is 1. The highest BCUT2D eigenvalue weighted by Crippen LogP contribution is 2.38. The highest BCUT2D eigenvalue weighted by atomic mass is 35.5. The average molecular weight is 523 g/mol. The number of hydrogen-bond donors (Lipinski definition) is 2. The van der Waals surface area contributed by atoms with Gasteiger partial charge >= 0.3 is 0 Å². The zero-order valence-electron chi connectivity index (χ0n) is 19.3. The molecule has 186 valence electrons. The van der Waals surface area contributed by atoms with E-state index in [0.29, 0.717) is 39.3 Å². The molecular formula is C22H23ClN4O7S. The second-order valence-electron chi connectivity index (χ2n) is 6.74. The topological polar surface area (TPSA) is 134 Å². The molecular weight excluding hydrogens is 500 g/mol. The Labute approximate surface area is 210 Å². The molecule has 1 heterocycles. The Balaban J connectivity index is 1.55. The van der Waals surface area contributed by atoms with Gasteiger partial charge in [-0.3, -0.25) is 9.59 Å². The molecule has 0 saturated heterocycles. The van der Waals surface area contributed by atoms with Gasteiger partial charge in [-0.15, -0.1) is 10.2 Å². The van der Waals surface area contributed by atoms with Crippen molar-refractivity contribution < 1.29 is 33.0 Å². The molecule has 2 N–H and O–H groups in total. The van der Waals surface area contributed by atoms with Crippen LogP contribution in [0.3, 0.4) is 0 Å². The van der Waals surface area contributed by atoms with Gasteiger partial charge in [-0.2, -0.15) is 0 Å². The maximum Gasteiger partial charge on any atom is 0.277 e. The number of aromatic nitrogens is 2. The first-order valence-electron chi connectivity index (χ1n) is 10.0. The molecule has 0 fully saturated rings. The van der Waals surface area contributed by atoms with Crippen molar-refractivity contribution >= 4 is 40.9 Å². The van der Waals surface area contributed by atoms with E-state index in [1.165, 1.54) is 40.6 Å². The van der Waals surface area contributed by atoms with E-state index in [4.69, 9.17) is 35.0 Å². The molecule has 0 unspecified atom stereocenters. The molecule has 2 aromatic carbocycles. The Morgan fingerprint density at radius 3 is 2.29 bits per heavy atom. The normalized spacial score (nSPS) is 10.4. The lowest BCUT2D eigenvalue weighted by Crippen LogP contribution is -2.23. The summed E-state index contributed by atoms with van der Waals surface area (Å²) in [5.41, 5.74) is 0.744. The van der Waals surface area contributed by atoms with Crippen LogP contribution < -0.4 is 29.6 Å². The van der Waals surface area contributed by atoms with Crippen molar-refractivity contribution in [2.45, 2.75) is 11.8 Å². The minimum atomic E-state index is -0.411. The first-order valence-corrected chi connectivity index (χ1v) is 11.4. The Morgan fingerprint density at radius 1 is 0.971 bits per heavy atom. The highest BCUT2D eigenvalue weighted by Gasteiger charge is 2.18. The van der Waals surface area contributed by atoms with Crippen LogP contribution in [-0.2, 0) is 11.3 Å². The molecule has 0 bridgehead atoms. The lowest BCUT2D eigenvalue weighted by molar-refractivity contribution is -0.113. The van der Waals surface area contributed by atoms with Crippen molar-refractivity contribution in [3.8, 4) is 23.0 Å². The number of anilines is 1. The third kappa shape index (κ3) is 6.70. The van der Waals surface area contributed by atoms with Gasteiger partial charge in [0.25, 0.3) is 11.1 Å². The summed E-state index contributed by atoms with van der Waals surface area (Å²) in [5, 5.41) is 13.8. The van der Waals surface area contributed by atoms with E-state index in [-0.39, 0.29) is 29.3 Å². The third-order valence-corrected chi connectivity index (χ3v) is 5.59. The predicted molar refractivity (Wildman–Crippen MR) is 129 cm³/mol. The molecule has 3 rings (SSSR count). The second-order valence-corrected chi connectivity index (χ2v) is 8.10. The SMILES string of the molecule is COc1ccc(Cl)cc1NC(=O)CSc1nnc(CNC(=O)c2cc(OC)c(OC)c(OC)c2)o1. The number of carbonyl (C=O) groups excluding carboxylic acids is 2. The minimum absolute atomic E-state index is 0.00903. The Hall–Kier alpha value is -3.64. The highest BCUT2D eigenvalue weighted by molar-refractivity contribution is 7.99. The molecule has 13 heteroatoms. The summed E-state index contributed by atoms with van der Waals surface area (Å²) in [5.74, 6) is 1.01. The van der Waals surface area contributed by atoms with Crippen molar-refractivity contribution in [2.75, 3.05) is 39.5 Å². The van der Waals surface area contributed by atoms with Crippen molar-refractivity contribution in [1.82, 2.24) is 15.5 Å². The van der Waals surface area contributed by atoms with Gasteiger partial charge in [-0.25, -0.2) is 0 Å². The molecule has 0 atom stereocenters. The third-order valence-electron chi connectivity index (χ3n) is 4.54. The zero-order chi connectivity index (χ0) is 25.4. The summed E-state index contributed by atoms with van der Waals surface area (Å²) in [7, 11) is 5.89. The average Bonchev–Trinajstić information content (AvgIpc) is 3.33. The standard InChI is InChI=1S/C22H23ClN4O7S/c1-30-15-6-5-13(23)9-14(15)25-18(28)11-35-22-27-26-19(34-22)10-24-21(29)12-7-16(31-2)20(33-4)17(8-12)32-3/h5-9H,10-11H2,1-4H3,(H,24,29)(H,25,28). The van der Waals surface area contributed by atoms with Crippen LogP contribution >= 0.6 is 23.4 Å². The molecule has 2 amide bonds. The van der Waals surface area contributed by atoms with E-state index >= 15 is 0 Å². The number of carbonyl (C=O) groups is 2. The Kier molecular flexibility index (Phi) is 9.04. The fraction of sp³-hybridized carbons (Fsp3) is 0.273. The van der Waals surface area contributed by atoms with Gasteiger partial charge in [0, 0.05) is 10.6 Å². The predicted octanol–water partition coefficient (Wildman–Crippen LogP) is 3.42. The van der Waals surface area contributed by atoms with E-state index in [9.17, 15) is 9.59 Å². The molecule has 1 aromatic heterocycles. The van der Waals surface area contributed by atoms with Gasteiger partial charge in [-0.05, 0) is 30.3 Å². The summed E-state index contributed by atoms with van der Waals surface area (Å²) < 4.78 is 26.5. The molecule has 0 saturated carbocycles. The van der Waals surface area contributed by atoms with Gasteiger partial charge in [0.15, 0.2) is 11.5 Å². The van der Waals surface area contributed by atoms with Crippen LogP contribution in [0.15, 0.2) is 40.0 Å². The monoisotopic (exact) mass is 522 g/mol. The summed E-state index contributed by atoms with van der Waals surface area (Å²) in [6.07, 6.45) is 0. The number of ether oxygens (including phenoxy) is 4. The van der Waals surface area contributed by atoms with Crippen molar-refractivity contribution in [1.29, 1.82) is 0 Å². The van der Waals surface area contributed by atoms with Gasteiger partial charge in [0.2, 0.25) is 17.5 Å². The largest absolute Gasteiger partial charge is 0.495 e. The molecule has 0 aliphatic heterocycles. The molecule has 0 spiro atoms. The lowest BCUT2D eigenvalue weighted by atomic mass is 10.1. The number of benzene rings is 2. The van der Waals surface area contributed by atoms with E-state index in [0.717, 1.165) is 11.8 Å². The van der Waals surface area contributed by atoms with Gasteiger partial charge in [0.05, 0.1) is 46.4 Å². The quantitative estimate of drug-likeness (QED) is 0.361. The molecule has 0 aliphatic carbocycles. The van der Waals surface area contributed by atoms with E-state index in [2.05, 4.69) is 20.8 Å². The number of nitrogens with one attached hydrogen (secondary N) is 2. The van der Waals surface area contributed by atoms with E-state index < -0.39 is 5.91 Å². The molecule has 35 heavy (non-hydrogen) atoms. The van der Waals surface area contributed by atoms with E-state index in [1.54, 1.807) is 18.2 Å². The maximum absolute atomic E-state index is 12.6.